The molecule has 114 valence electrons. The molecule has 1 aromatic heterocycles. The molecule has 1 saturated heterocycles. The van der Waals surface area contributed by atoms with E-state index in [1.807, 2.05) is 0 Å². The molecule has 0 N–H and O–H groups in total. The quantitative estimate of drug-likeness (QED) is 0.475. The van der Waals surface area contributed by atoms with Crippen molar-refractivity contribution in [1.29, 1.82) is 0 Å². The van der Waals surface area contributed by atoms with Crippen molar-refractivity contribution in [1.82, 2.24) is 9.97 Å². The molecule has 2 fully saturated rings. The van der Waals surface area contributed by atoms with E-state index in [-0.39, 0.29) is 15.9 Å². The molecular formula is C14H19ClN4O2. The Balaban J connectivity index is 2.04. The van der Waals surface area contributed by atoms with Crippen LogP contribution in [0.1, 0.15) is 44.2 Å². The van der Waals surface area contributed by atoms with Crippen LogP contribution in [0, 0.1) is 23.0 Å². The van der Waals surface area contributed by atoms with Gasteiger partial charge in [-0.05, 0) is 50.1 Å². The van der Waals surface area contributed by atoms with Gasteiger partial charge in [0.2, 0.25) is 11.1 Å². The topological polar surface area (TPSA) is 72.2 Å². The van der Waals surface area contributed by atoms with Gasteiger partial charge in [-0.15, -0.1) is 0 Å². The SMILES string of the molecule is Cc1nc(Cl)nc(N2CCCC3CCCCC32)c1[N+](=O)[O-]. The van der Waals surface area contributed by atoms with Crippen molar-refractivity contribution in [2.24, 2.45) is 5.92 Å². The van der Waals surface area contributed by atoms with Crippen LogP contribution >= 0.6 is 11.6 Å². The molecule has 1 aromatic rings. The standard InChI is InChI=1S/C14H19ClN4O2/c1-9-12(19(20)21)13(17-14(15)16-9)18-8-4-6-10-5-2-3-7-11(10)18/h10-11H,2-8H2,1H3. The summed E-state index contributed by atoms with van der Waals surface area (Å²) in [6.07, 6.45) is 7.02. The predicted octanol–water partition coefficient (Wildman–Crippen LogP) is 3.51. The highest BCUT2D eigenvalue weighted by Crippen LogP contribution is 2.40. The Bertz CT molecular complexity index is 564. The summed E-state index contributed by atoms with van der Waals surface area (Å²) in [5.41, 5.74) is 0.346. The van der Waals surface area contributed by atoms with Gasteiger partial charge in [-0.2, -0.15) is 4.98 Å². The summed E-state index contributed by atoms with van der Waals surface area (Å²) >= 11 is 5.95. The molecule has 7 heteroatoms. The molecule has 0 aromatic carbocycles. The van der Waals surface area contributed by atoms with Crippen LogP contribution in [0.2, 0.25) is 5.28 Å². The van der Waals surface area contributed by atoms with Gasteiger partial charge in [0.1, 0.15) is 5.69 Å². The number of nitrogens with zero attached hydrogens (tertiary/aromatic N) is 4. The van der Waals surface area contributed by atoms with E-state index < -0.39 is 0 Å². The highest BCUT2D eigenvalue weighted by molar-refractivity contribution is 6.28. The number of hydrogen-bond acceptors (Lipinski definition) is 5. The van der Waals surface area contributed by atoms with Crippen LogP contribution in [-0.4, -0.2) is 27.5 Å². The summed E-state index contributed by atoms with van der Waals surface area (Å²) in [6, 6.07) is 0.358. The fraction of sp³-hybridized carbons (Fsp3) is 0.714. The highest BCUT2D eigenvalue weighted by atomic mass is 35.5. The zero-order valence-electron chi connectivity index (χ0n) is 12.1. The lowest BCUT2D eigenvalue weighted by Crippen LogP contribution is -2.47. The Morgan fingerprint density at radius 2 is 1.95 bits per heavy atom. The summed E-state index contributed by atoms with van der Waals surface area (Å²) in [5.74, 6) is 1.04. The number of anilines is 1. The van der Waals surface area contributed by atoms with Crippen LogP contribution in [0.25, 0.3) is 0 Å². The predicted molar refractivity (Wildman–Crippen MR) is 80.8 cm³/mol. The maximum Gasteiger partial charge on any atom is 0.332 e. The molecule has 0 radical (unpaired) electrons. The van der Waals surface area contributed by atoms with Crippen molar-refractivity contribution in [3.05, 3.63) is 21.1 Å². The van der Waals surface area contributed by atoms with Crippen LogP contribution in [0.15, 0.2) is 0 Å². The van der Waals surface area contributed by atoms with Crippen LogP contribution in [0.3, 0.4) is 0 Å². The third-order valence-electron chi connectivity index (χ3n) is 4.71. The Morgan fingerprint density at radius 1 is 1.24 bits per heavy atom. The van der Waals surface area contributed by atoms with Gasteiger partial charge in [0.15, 0.2) is 0 Å². The zero-order valence-corrected chi connectivity index (χ0v) is 12.8. The van der Waals surface area contributed by atoms with E-state index >= 15 is 0 Å². The molecular weight excluding hydrogens is 292 g/mol. The molecule has 2 atom stereocenters. The average Bonchev–Trinajstić information content (AvgIpc) is 2.45. The number of aromatic nitrogens is 2. The van der Waals surface area contributed by atoms with Crippen LogP contribution in [0.4, 0.5) is 11.5 Å². The minimum absolute atomic E-state index is 0.00521. The Labute approximate surface area is 128 Å². The number of aryl methyl sites for hydroxylation is 1. The Morgan fingerprint density at radius 3 is 2.71 bits per heavy atom. The normalized spacial score (nSPS) is 25.5. The molecule has 2 heterocycles. The molecule has 0 bridgehead atoms. The molecule has 1 saturated carbocycles. The van der Waals surface area contributed by atoms with E-state index in [0.29, 0.717) is 23.5 Å². The van der Waals surface area contributed by atoms with Gasteiger partial charge in [0.05, 0.1) is 4.92 Å². The van der Waals surface area contributed by atoms with Gasteiger partial charge < -0.3 is 4.90 Å². The van der Waals surface area contributed by atoms with Crippen LogP contribution < -0.4 is 4.90 Å². The number of hydrogen-bond donors (Lipinski definition) is 0. The van der Waals surface area contributed by atoms with E-state index in [1.54, 1.807) is 6.92 Å². The van der Waals surface area contributed by atoms with Crippen molar-refractivity contribution in [3.63, 3.8) is 0 Å². The second-order valence-corrected chi connectivity index (χ2v) is 6.29. The van der Waals surface area contributed by atoms with Gasteiger partial charge in [0, 0.05) is 12.6 Å². The van der Waals surface area contributed by atoms with Crippen molar-refractivity contribution in [3.8, 4) is 0 Å². The first kappa shape index (κ1) is 14.5. The minimum Gasteiger partial charge on any atom is -0.347 e. The molecule has 21 heavy (non-hydrogen) atoms. The molecule has 2 unspecified atom stereocenters. The average molecular weight is 311 g/mol. The van der Waals surface area contributed by atoms with Crippen molar-refractivity contribution >= 4 is 23.1 Å². The number of fused-ring (bicyclic) bond motifs is 1. The lowest BCUT2D eigenvalue weighted by Gasteiger charge is -2.44. The summed E-state index contributed by atoms with van der Waals surface area (Å²) in [6.45, 7) is 2.44. The van der Waals surface area contributed by atoms with E-state index in [1.165, 1.54) is 25.7 Å². The van der Waals surface area contributed by atoms with Crippen LogP contribution in [-0.2, 0) is 0 Å². The van der Waals surface area contributed by atoms with Gasteiger partial charge >= 0.3 is 5.69 Å². The molecule has 6 nitrogen and oxygen atoms in total. The second-order valence-electron chi connectivity index (χ2n) is 5.95. The second kappa shape index (κ2) is 5.75. The van der Waals surface area contributed by atoms with E-state index in [4.69, 9.17) is 11.6 Å². The highest BCUT2D eigenvalue weighted by Gasteiger charge is 2.37. The number of halogens is 1. The third-order valence-corrected chi connectivity index (χ3v) is 4.88. The van der Waals surface area contributed by atoms with E-state index in [9.17, 15) is 10.1 Å². The van der Waals surface area contributed by atoms with E-state index in [2.05, 4.69) is 14.9 Å². The maximum absolute atomic E-state index is 11.4. The van der Waals surface area contributed by atoms with Gasteiger partial charge in [-0.3, -0.25) is 10.1 Å². The zero-order chi connectivity index (χ0) is 15.0. The maximum atomic E-state index is 11.4. The molecule has 1 aliphatic heterocycles. The molecule has 0 amide bonds. The molecule has 0 spiro atoms. The number of nitro groups is 1. The van der Waals surface area contributed by atoms with Gasteiger partial charge in [-0.1, -0.05) is 12.8 Å². The van der Waals surface area contributed by atoms with Gasteiger partial charge in [-0.25, -0.2) is 4.98 Å². The number of piperidine rings is 1. The first-order chi connectivity index (χ1) is 10.1. The summed E-state index contributed by atoms with van der Waals surface area (Å²) in [5, 5.41) is 11.5. The van der Waals surface area contributed by atoms with Crippen molar-refractivity contribution in [2.75, 3.05) is 11.4 Å². The van der Waals surface area contributed by atoms with E-state index in [0.717, 1.165) is 19.4 Å². The Kier molecular flexibility index (Phi) is 3.97. The van der Waals surface area contributed by atoms with Crippen LogP contribution in [0.5, 0.6) is 0 Å². The lowest BCUT2D eigenvalue weighted by atomic mass is 9.78. The van der Waals surface area contributed by atoms with Gasteiger partial charge in [0.25, 0.3) is 0 Å². The van der Waals surface area contributed by atoms with Crippen molar-refractivity contribution in [2.45, 2.75) is 51.5 Å². The molecule has 2 aliphatic rings. The van der Waals surface area contributed by atoms with Crippen molar-refractivity contribution < 1.29 is 4.92 Å². The third kappa shape index (κ3) is 2.69. The summed E-state index contributed by atoms with van der Waals surface area (Å²) < 4.78 is 0. The molecule has 1 aliphatic carbocycles. The Hall–Kier alpha value is -1.43. The first-order valence-electron chi connectivity index (χ1n) is 7.53. The first-order valence-corrected chi connectivity index (χ1v) is 7.91. The summed E-state index contributed by atoms with van der Waals surface area (Å²) in [7, 11) is 0. The molecule has 3 rings (SSSR count). The fourth-order valence-corrected chi connectivity index (χ4v) is 4.03. The minimum atomic E-state index is -0.382. The lowest BCUT2D eigenvalue weighted by molar-refractivity contribution is -0.385. The fourth-order valence-electron chi connectivity index (χ4n) is 3.82. The monoisotopic (exact) mass is 310 g/mol. The number of rotatable bonds is 2. The smallest absolute Gasteiger partial charge is 0.332 e. The summed E-state index contributed by atoms with van der Waals surface area (Å²) in [4.78, 5) is 21.3. The largest absolute Gasteiger partial charge is 0.347 e.